The van der Waals surface area contributed by atoms with Gasteiger partial charge in [0.25, 0.3) is 0 Å². The molecule has 0 bridgehead atoms. The second-order valence-electron chi connectivity index (χ2n) is 11.5. The molecule has 6 nitrogen and oxygen atoms in total. The van der Waals surface area contributed by atoms with Gasteiger partial charge in [0.1, 0.15) is 12.4 Å². The van der Waals surface area contributed by atoms with Gasteiger partial charge in [0.05, 0.1) is 18.4 Å². The minimum atomic E-state index is -0.408. The summed E-state index contributed by atoms with van der Waals surface area (Å²) in [5, 5.41) is 0. The topological polar surface area (TPSA) is 65.1 Å². The first-order chi connectivity index (χ1) is 22.4. The molecule has 4 rings (SSSR count). The Morgan fingerprint density at radius 3 is 2.02 bits per heavy atom. The average molecular weight is 620 g/mol. The number of para-hydroxylation sites is 1. The monoisotopic (exact) mass is 619 g/mol. The Balaban J connectivity index is 1.34. The molecular weight excluding hydrogens is 574 g/mol. The SMILES string of the molecule is C=C(C)OC(=O)c1ccc(CN(CCCCC(=O)OC)CCc2ccccc2OCc2ccc(CCc3ccccc3)cc2)cc1. The zero-order valence-corrected chi connectivity index (χ0v) is 27.1. The van der Waals surface area contributed by atoms with E-state index in [1.165, 1.54) is 18.2 Å². The summed E-state index contributed by atoms with van der Waals surface area (Å²) in [7, 11) is 1.42. The van der Waals surface area contributed by atoms with Crippen molar-refractivity contribution in [1.29, 1.82) is 0 Å². The van der Waals surface area contributed by atoms with Crippen LogP contribution in [0.15, 0.2) is 115 Å². The molecule has 0 aliphatic heterocycles. The maximum atomic E-state index is 12.2. The van der Waals surface area contributed by atoms with Gasteiger partial charge in [0.2, 0.25) is 0 Å². The summed E-state index contributed by atoms with van der Waals surface area (Å²) >= 11 is 0. The fourth-order valence-electron chi connectivity index (χ4n) is 5.22. The van der Waals surface area contributed by atoms with Gasteiger partial charge in [-0.15, -0.1) is 0 Å². The van der Waals surface area contributed by atoms with Gasteiger partial charge in [-0.05, 0) is 91.6 Å². The van der Waals surface area contributed by atoms with Crippen LogP contribution in [-0.2, 0) is 46.7 Å². The number of allylic oxidation sites excluding steroid dienone is 1. The van der Waals surface area contributed by atoms with Crippen LogP contribution in [0.3, 0.4) is 0 Å². The summed E-state index contributed by atoms with van der Waals surface area (Å²) in [5.74, 6) is 0.664. The minimum absolute atomic E-state index is 0.184. The maximum absolute atomic E-state index is 12.2. The third-order valence-corrected chi connectivity index (χ3v) is 7.83. The molecule has 0 aromatic heterocycles. The van der Waals surface area contributed by atoms with Gasteiger partial charge in [-0.2, -0.15) is 0 Å². The van der Waals surface area contributed by atoms with Crippen LogP contribution in [0.25, 0.3) is 0 Å². The third-order valence-electron chi connectivity index (χ3n) is 7.83. The smallest absolute Gasteiger partial charge is 0.343 e. The van der Waals surface area contributed by atoms with Crippen molar-refractivity contribution >= 4 is 11.9 Å². The molecule has 0 spiro atoms. The van der Waals surface area contributed by atoms with Crippen LogP contribution < -0.4 is 4.74 Å². The normalized spacial score (nSPS) is 10.8. The number of hydrogen-bond acceptors (Lipinski definition) is 6. The second-order valence-corrected chi connectivity index (χ2v) is 11.5. The zero-order valence-electron chi connectivity index (χ0n) is 27.1. The first kappa shape index (κ1) is 34.2. The van der Waals surface area contributed by atoms with Crippen molar-refractivity contribution in [2.24, 2.45) is 0 Å². The molecule has 0 saturated carbocycles. The van der Waals surface area contributed by atoms with Crippen LogP contribution in [0.2, 0.25) is 0 Å². The van der Waals surface area contributed by atoms with E-state index in [1.807, 2.05) is 30.3 Å². The van der Waals surface area contributed by atoms with Crippen molar-refractivity contribution in [3.05, 3.63) is 149 Å². The van der Waals surface area contributed by atoms with E-state index < -0.39 is 5.97 Å². The van der Waals surface area contributed by atoms with Gasteiger partial charge in [-0.3, -0.25) is 9.69 Å². The van der Waals surface area contributed by atoms with E-state index in [0.29, 0.717) is 30.9 Å². The summed E-state index contributed by atoms with van der Waals surface area (Å²) in [6.07, 6.45) is 4.90. The van der Waals surface area contributed by atoms with Crippen LogP contribution in [-0.4, -0.2) is 37.0 Å². The highest BCUT2D eigenvalue weighted by molar-refractivity contribution is 5.90. The van der Waals surface area contributed by atoms with Gasteiger partial charge in [0, 0.05) is 19.5 Å². The maximum Gasteiger partial charge on any atom is 0.343 e. The fraction of sp³-hybridized carbons (Fsp3) is 0.300. The molecule has 0 N–H and O–H groups in total. The summed E-state index contributed by atoms with van der Waals surface area (Å²) in [6.45, 7) is 8.16. The number of aryl methyl sites for hydroxylation is 2. The van der Waals surface area contributed by atoms with E-state index in [-0.39, 0.29) is 5.97 Å². The highest BCUT2D eigenvalue weighted by Crippen LogP contribution is 2.22. The van der Waals surface area contributed by atoms with Crippen molar-refractivity contribution in [2.45, 2.75) is 58.6 Å². The van der Waals surface area contributed by atoms with E-state index in [0.717, 1.165) is 67.6 Å². The molecule has 240 valence electrons. The summed E-state index contributed by atoms with van der Waals surface area (Å²) in [4.78, 5) is 26.2. The lowest BCUT2D eigenvalue weighted by molar-refractivity contribution is -0.140. The van der Waals surface area contributed by atoms with E-state index >= 15 is 0 Å². The quantitative estimate of drug-likeness (QED) is 0.0637. The first-order valence-electron chi connectivity index (χ1n) is 16.0. The molecule has 4 aromatic carbocycles. The Labute approximate surface area is 273 Å². The number of unbranched alkanes of at least 4 members (excludes halogenated alkanes) is 1. The van der Waals surface area contributed by atoms with Gasteiger partial charge in [-0.25, -0.2) is 4.79 Å². The Hall–Kier alpha value is -4.68. The van der Waals surface area contributed by atoms with E-state index in [4.69, 9.17) is 14.2 Å². The lowest BCUT2D eigenvalue weighted by atomic mass is 10.0. The number of methoxy groups -OCH3 is 1. The molecule has 4 aromatic rings. The Kier molecular flexibility index (Phi) is 13.6. The summed E-state index contributed by atoms with van der Waals surface area (Å²) in [5.41, 5.74) is 6.55. The standard InChI is InChI=1S/C40H45NO5/c1-31(2)46-40(43)37-24-22-34(23-25-37)29-41(27-10-9-15-39(42)44-3)28-26-36-13-7-8-14-38(36)45-30-35-20-18-33(19-21-35)17-16-32-11-5-4-6-12-32/h4-8,11-14,18-25H,1,9-10,15-17,26-30H2,2-3H3. The molecule has 6 heteroatoms. The highest BCUT2D eigenvalue weighted by Gasteiger charge is 2.12. The molecule has 0 amide bonds. The molecule has 0 saturated heterocycles. The molecular formula is C40H45NO5. The Morgan fingerprint density at radius 2 is 1.33 bits per heavy atom. The molecule has 0 aliphatic rings. The van der Waals surface area contributed by atoms with E-state index in [2.05, 4.69) is 72.1 Å². The van der Waals surface area contributed by atoms with Crippen molar-refractivity contribution in [2.75, 3.05) is 20.2 Å². The van der Waals surface area contributed by atoms with Crippen molar-refractivity contribution in [3.8, 4) is 5.75 Å². The minimum Gasteiger partial charge on any atom is -0.489 e. The second kappa shape index (κ2) is 18.3. The van der Waals surface area contributed by atoms with Gasteiger partial charge < -0.3 is 14.2 Å². The number of carbonyl (C=O) groups is 2. The lowest BCUT2D eigenvalue weighted by Gasteiger charge is -2.23. The van der Waals surface area contributed by atoms with E-state index in [9.17, 15) is 9.59 Å². The van der Waals surface area contributed by atoms with Crippen LogP contribution in [0, 0.1) is 0 Å². The van der Waals surface area contributed by atoms with Gasteiger partial charge >= 0.3 is 11.9 Å². The van der Waals surface area contributed by atoms with Crippen molar-refractivity contribution < 1.29 is 23.8 Å². The molecule has 0 aliphatic carbocycles. The van der Waals surface area contributed by atoms with Crippen LogP contribution in [0.1, 0.15) is 64.4 Å². The predicted octanol–water partition coefficient (Wildman–Crippen LogP) is 8.13. The van der Waals surface area contributed by atoms with Crippen molar-refractivity contribution in [1.82, 2.24) is 4.90 Å². The average Bonchev–Trinajstić information content (AvgIpc) is 3.08. The Morgan fingerprint density at radius 1 is 0.696 bits per heavy atom. The summed E-state index contributed by atoms with van der Waals surface area (Å²) in [6, 6.07) is 35.0. The van der Waals surface area contributed by atoms with Crippen LogP contribution in [0.4, 0.5) is 0 Å². The fourth-order valence-corrected chi connectivity index (χ4v) is 5.22. The number of esters is 2. The number of hydrogen-bond donors (Lipinski definition) is 0. The van der Waals surface area contributed by atoms with Crippen molar-refractivity contribution in [3.63, 3.8) is 0 Å². The number of carbonyl (C=O) groups excluding carboxylic acids is 2. The molecule has 0 fully saturated rings. The van der Waals surface area contributed by atoms with Gasteiger partial charge in [-0.1, -0.05) is 91.5 Å². The van der Waals surface area contributed by atoms with E-state index in [1.54, 1.807) is 19.1 Å². The lowest BCUT2D eigenvalue weighted by Crippen LogP contribution is -2.27. The summed E-state index contributed by atoms with van der Waals surface area (Å²) < 4.78 is 16.3. The molecule has 0 radical (unpaired) electrons. The predicted molar refractivity (Wildman–Crippen MR) is 183 cm³/mol. The number of nitrogens with zero attached hydrogens (tertiary/aromatic N) is 1. The molecule has 46 heavy (non-hydrogen) atoms. The molecule has 0 atom stereocenters. The zero-order chi connectivity index (χ0) is 32.6. The first-order valence-corrected chi connectivity index (χ1v) is 16.0. The van der Waals surface area contributed by atoms with Gasteiger partial charge in [0.15, 0.2) is 0 Å². The number of benzene rings is 4. The number of ether oxygens (including phenoxy) is 3. The largest absolute Gasteiger partial charge is 0.489 e. The third kappa shape index (κ3) is 11.7. The van der Waals surface area contributed by atoms with Crippen LogP contribution >= 0.6 is 0 Å². The molecule has 0 unspecified atom stereocenters. The number of rotatable bonds is 18. The van der Waals surface area contributed by atoms with Crippen LogP contribution in [0.5, 0.6) is 5.75 Å². The molecule has 0 heterocycles. The highest BCUT2D eigenvalue weighted by atomic mass is 16.5. The Bertz CT molecular complexity index is 1530.